The Kier molecular flexibility index (Phi) is 8.18. The third kappa shape index (κ3) is 5.49. The fourth-order valence-corrected chi connectivity index (χ4v) is 2.54. The molecule has 2 N–H and O–H groups in total. The number of hydrogen-bond acceptors (Lipinski definition) is 5. The minimum Gasteiger partial charge on any atom is -0.469 e. The molecule has 0 aromatic heterocycles. The average Bonchev–Trinajstić information content (AvgIpc) is 2.60. The summed E-state index contributed by atoms with van der Waals surface area (Å²) in [7, 11) is 2.52. The van der Waals surface area contributed by atoms with Gasteiger partial charge in [0, 0.05) is 5.69 Å². The highest BCUT2D eigenvalue weighted by Crippen LogP contribution is 2.22. The molecule has 0 aliphatic carbocycles. The zero-order valence-electron chi connectivity index (χ0n) is 14.5. The molecule has 0 heterocycles. The van der Waals surface area contributed by atoms with Crippen molar-refractivity contribution >= 4 is 35.0 Å². The third-order valence-corrected chi connectivity index (χ3v) is 3.85. The molecule has 0 radical (unpaired) electrons. The summed E-state index contributed by atoms with van der Waals surface area (Å²) >= 11 is 5.30. The molecular formula is C17H24N2O4S. The van der Waals surface area contributed by atoms with Crippen LogP contribution < -0.4 is 10.6 Å². The van der Waals surface area contributed by atoms with Gasteiger partial charge in [-0.25, -0.2) is 4.79 Å². The highest BCUT2D eigenvalue weighted by Gasteiger charge is 2.24. The van der Waals surface area contributed by atoms with Gasteiger partial charge in [0.1, 0.15) is 6.04 Å². The van der Waals surface area contributed by atoms with Crippen LogP contribution >= 0.6 is 12.2 Å². The summed E-state index contributed by atoms with van der Waals surface area (Å²) < 4.78 is 9.30. The number of ether oxygens (including phenoxy) is 2. The van der Waals surface area contributed by atoms with Gasteiger partial charge in [0.15, 0.2) is 5.11 Å². The van der Waals surface area contributed by atoms with Crippen LogP contribution in [0.2, 0.25) is 0 Å². The number of anilines is 1. The fraction of sp³-hybridized carbons (Fsp3) is 0.471. The van der Waals surface area contributed by atoms with E-state index in [-0.39, 0.29) is 11.5 Å². The number of benzene rings is 1. The highest BCUT2D eigenvalue weighted by molar-refractivity contribution is 7.80. The minimum atomic E-state index is -0.902. The van der Waals surface area contributed by atoms with E-state index >= 15 is 0 Å². The monoisotopic (exact) mass is 352 g/mol. The molecule has 7 heteroatoms. The van der Waals surface area contributed by atoms with Crippen LogP contribution in [0, 0.1) is 0 Å². The number of para-hydroxylation sites is 1. The van der Waals surface area contributed by atoms with Gasteiger partial charge in [-0.3, -0.25) is 4.79 Å². The summed E-state index contributed by atoms with van der Waals surface area (Å²) in [6.45, 7) is 4.12. The first-order valence-electron chi connectivity index (χ1n) is 7.79. The third-order valence-electron chi connectivity index (χ3n) is 3.63. The van der Waals surface area contributed by atoms with Crippen LogP contribution in [0.3, 0.4) is 0 Å². The SMILES string of the molecule is CCc1cccc(CC)c1NC(=S)NC(CC(=O)OC)C(=O)OC. The molecule has 0 bridgehead atoms. The predicted molar refractivity (Wildman–Crippen MR) is 97.0 cm³/mol. The normalized spacial score (nSPS) is 11.3. The second kappa shape index (κ2) is 9.87. The van der Waals surface area contributed by atoms with Crippen LogP contribution in [0.25, 0.3) is 0 Å². The van der Waals surface area contributed by atoms with Crippen molar-refractivity contribution in [3.8, 4) is 0 Å². The molecule has 6 nitrogen and oxygen atoms in total. The van der Waals surface area contributed by atoms with E-state index in [1.54, 1.807) is 0 Å². The van der Waals surface area contributed by atoms with Gasteiger partial charge in [-0.1, -0.05) is 32.0 Å². The van der Waals surface area contributed by atoms with Gasteiger partial charge in [0.05, 0.1) is 20.6 Å². The van der Waals surface area contributed by atoms with E-state index < -0.39 is 18.0 Å². The van der Waals surface area contributed by atoms with Crippen molar-refractivity contribution in [2.45, 2.75) is 39.2 Å². The number of hydrogen-bond donors (Lipinski definition) is 2. The number of nitrogens with one attached hydrogen (secondary N) is 2. The molecule has 0 fully saturated rings. The summed E-state index contributed by atoms with van der Waals surface area (Å²) in [5.74, 6) is -1.10. The maximum absolute atomic E-state index is 11.8. The van der Waals surface area contributed by atoms with E-state index in [1.807, 2.05) is 18.2 Å². The van der Waals surface area contributed by atoms with Gasteiger partial charge in [0.25, 0.3) is 0 Å². The lowest BCUT2D eigenvalue weighted by Gasteiger charge is -2.20. The molecule has 24 heavy (non-hydrogen) atoms. The van der Waals surface area contributed by atoms with Gasteiger partial charge in [0.2, 0.25) is 0 Å². The number of aryl methyl sites for hydroxylation is 2. The van der Waals surface area contributed by atoms with Crippen molar-refractivity contribution in [1.29, 1.82) is 0 Å². The lowest BCUT2D eigenvalue weighted by molar-refractivity contribution is -0.149. The Morgan fingerprint density at radius 1 is 1.12 bits per heavy atom. The summed E-state index contributed by atoms with van der Waals surface area (Å²) in [6, 6.07) is 5.15. The lowest BCUT2D eigenvalue weighted by atomic mass is 10.0. The van der Waals surface area contributed by atoms with Crippen LogP contribution in [0.4, 0.5) is 5.69 Å². The molecule has 0 aliphatic heterocycles. The molecule has 0 saturated carbocycles. The number of methoxy groups -OCH3 is 2. The number of carbonyl (C=O) groups is 2. The van der Waals surface area contributed by atoms with E-state index in [9.17, 15) is 9.59 Å². The molecular weight excluding hydrogens is 328 g/mol. The molecule has 1 rings (SSSR count). The Morgan fingerprint density at radius 2 is 1.71 bits per heavy atom. The molecule has 132 valence electrons. The van der Waals surface area contributed by atoms with E-state index in [4.69, 9.17) is 17.0 Å². The molecule has 0 amide bonds. The Balaban J connectivity index is 2.90. The molecule has 1 unspecified atom stereocenters. The molecule has 0 spiro atoms. The maximum atomic E-state index is 11.8. The van der Waals surface area contributed by atoms with Gasteiger partial charge >= 0.3 is 11.9 Å². The van der Waals surface area contributed by atoms with Crippen LogP contribution in [-0.2, 0) is 31.9 Å². The van der Waals surface area contributed by atoms with Crippen molar-refractivity contribution < 1.29 is 19.1 Å². The van der Waals surface area contributed by atoms with Crippen molar-refractivity contribution in [3.63, 3.8) is 0 Å². The second-order valence-corrected chi connectivity index (χ2v) is 5.52. The zero-order valence-corrected chi connectivity index (χ0v) is 15.3. The average molecular weight is 352 g/mol. The summed E-state index contributed by atoms with van der Waals surface area (Å²) in [5, 5.41) is 6.23. The van der Waals surface area contributed by atoms with E-state index in [2.05, 4.69) is 29.2 Å². The van der Waals surface area contributed by atoms with Gasteiger partial charge in [-0.05, 0) is 36.2 Å². The quantitative estimate of drug-likeness (QED) is 0.575. The highest BCUT2D eigenvalue weighted by atomic mass is 32.1. The standard InChI is InChI=1S/C17H24N2O4S/c1-5-11-8-7-9-12(6-2)15(11)19-17(24)18-13(16(21)23-4)10-14(20)22-3/h7-9,13H,5-6,10H2,1-4H3,(H2,18,19,24). The largest absolute Gasteiger partial charge is 0.469 e. The molecule has 1 atom stereocenters. The van der Waals surface area contributed by atoms with Gasteiger partial charge in [-0.15, -0.1) is 0 Å². The van der Waals surface area contributed by atoms with E-state index in [0.717, 1.165) is 29.7 Å². The first-order valence-corrected chi connectivity index (χ1v) is 8.20. The van der Waals surface area contributed by atoms with E-state index in [0.29, 0.717) is 0 Å². The number of rotatable bonds is 7. The van der Waals surface area contributed by atoms with Crippen molar-refractivity contribution in [1.82, 2.24) is 5.32 Å². The zero-order chi connectivity index (χ0) is 18.1. The summed E-state index contributed by atoms with van der Waals surface area (Å²) in [5.41, 5.74) is 3.18. The van der Waals surface area contributed by atoms with Crippen LogP contribution in [-0.4, -0.2) is 37.3 Å². The number of thiocarbonyl (C=S) groups is 1. The number of esters is 2. The predicted octanol–water partition coefficient (Wildman–Crippen LogP) is 2.20. The smallest absolute Gasteiger partial charge is 0.328 e. The topological polar surface area (TPSA) is 76.7 Å². The summed E-state index contributed by atoms with van der Waals surface area (Å²) in [4.78, 5) is 23.3. The first-order chi connectivity index (χ1) is 11.5. The lowest BCUT2D eigenvalue weighted by Crippen LogP contribution is -2.45. The first kappa shape index (κ1) is 19.9. The van der Waals surface area contributed by atoms with Crippen molar-refractivity contribution in [3.05, 3.63) is 29.3 Å². The van der Waals surface area contributed by atoms with Crippen LogP contribution in [0.5, 0.6) is 0 Å². The Labute approximate surface area is 147 Å². The van der Waals surface area contributed by atoms with Crippen molar-refractivity contribution in [2.75, 3.05) is 19.5 Å². The molecule has 1 aromatic carbocycles. The minimum absolute atomic E-state index is 0.166. The maximum Gasteiger partial charge on any atom is 0.328 e. The van der Waals surface area contributed by atoms with Gasteiger partial charge < -0.3 is 20.1 Å². The van der Waals surface area contributed by atoms with Crippen molar-refractivity contribution in [2.24, 2.45) is 0 Å². The van der Waals surface area contributed by atoms with E-state index in [1.165, 1.54) is 14.2 Å². The molecule has 0 aliphatic rings. The molecule has 1 aromatic rings. The van der Waals surface area contributed by atoms with Crippen LogP contribution in [0.1, 0.15) is 31.4 Å². The second-order valence-electron chi connectivity index (χ2n) is 5.11. The summed E-state index contributed by atoms with van der Waals surface area (Å²) in [6.07, 6.45) is 1.53. The fourth-order valence-electron chi connectivity index (χ4n) is 2.30. The Morgan fingerprint density at radius 3 is 2.17 bits per heavy atom. The molecule has 0 saturated heterocycles. The Hall–Kier alpha value is -2.15. The number of carbonyl (C=O) groups excluding carboxylic acids is 2. The van der Waals surface area contributed by atoms with Crippen LogP contribution in [0.15, 0.2) is 18.2 Å². The van der Waals surface area contributed by atoms with Gasteiger partial charge in [-0.2, -0.15) is 0 Å². The Bertz CT molecular complexity index is 582.